The summed E-state index contributed by atoms with van der Waals surface area (Å²) in [6, 6.07) is 0. The fourth-order valence-corrected chi connectivity index (χ4v) is 3.10. The van der Waals surface area contributed by atoms with E-state index in [0.717, 1.165) is 11.8 Å². The second-order valence-electron chi connectivity index (χ2n) is 5.39. The molecule has 2 unspecified atom stereocenters. The molecule has 15 heavy (non-hydrogen) atoms. The lowest BCUT2D eigenvalue weighted by molar-refractivity contribution is 0.139. The Balaban J connectivity index is 1.72. The van der Waals surface area contributed by atoms with Gasteiger partial charge in [0.2, 0.25) is 0 Å². The van der Waals surface area contributed by atoms with Crippen molar-refractivity contribution in [2.45, 2.75) is 39.0 Å². The highest BCUT2D eigenvalue weighted by atomic mass is 15.1. The molecule has 2 saturated heterocycles. The SMILES string of the molecule is CCC1CCCN(CC2CCCNC2)C1. The summed E-state index contributed by atoms with van der Waals surface area (Å²) in [4.78, 5) is 2.72. The van der Waals surface area contributed by atoms with E-state index < -0.39 is 0 Å². The minimum atomic E-state index is 0.925. The predicted octanol–water partition coefficient (Wildman–Crippen LogP) is 2.11. The van der Waals surface area contributed by atoms with Crippen LogP contribution in [0, 0.1) is 11.8 Å². The minimum Gasteiger partial charge on any atom is -0.316 e. The first-order valence-corrected chi connectivity index (χ1v) is 6.81. The normalized spacial score (nSPS) is 34.2. The van der Waals surface area contributed by atoms with E-state index in [4.69, 9.17) is 0 Å². The maximum atomic E-state index is 3.52. The molecule has 2 heteroatoms. The average molecular weight is 210 g/mol. The van der Waals surface area contributed by atoms with Gasteiger partial charge >= 0.3 is 0 Å². The molecular weight excluding hydrogens is 184 g/mol. The van der Waals surface area contributed by atoms with Crippen LogP contribution in [0.25, 0.3) is 0 Å². The summed E-state index contributed by atoms with van der Waals surface area (Å²) in [5, 5.41) is 3.52. The molecule has 0 amide bonds. The topological polar surface area (TPSA) is 15.3 Å². The Morgan fingerprint density at radius 3 is 2.80 bits per heavy atom. The van der Waals surface area contributed by atoms with Gasteiger partial charge in [0.05, 0.1) is 0 Å². The highest BCUT2D eigenvalue weighted by Crippen LogP contribution is 2.21. The highest BCUT2D eigenvalue weighted by molar-refractivity contribution is 4.77. The van der Waals surface area contributed by atoms with Crippen LogP contribution in [0.5, 0.6) is 0 Å². The van der Waals surface area contributed by atoms with E-state index in [9.17, 15) is 0 Å². The lowest BCUT2D eigenvalue weighted by Crippen LogP contribution is -2.42. The summed E-state index contributed by atoms with van der Waals surface area (Å²) in [7, 11) is 0. The standard InChI is InChI=1S/C13H26N2/c1-2-12-6-4-8-15(10-12)11-13-5-3-7-14-9-13/h12-14H,2-11H2,1H3. The van der Waals surface area contributed by atoms with Gasteiger partial charge in [-0.1, -0.05) is 13.3 Å². The quantitative estimate of drug-likeness (QED) is 0.767. The first kappa shape index (κ1) is 11.4. The Hall–Kier alpha value is -0.0800. The molecule has 2 aliphatic rings. The van der Waals surface area contributed by atoms with Gasteiger partial charge in [0, 0.05) is 13.1 Å². The zero-order valence-electron chi connectivity index (χ0n) is 10.2. The van der Waals surface area contributed by atoms with Crippen LogP contribution in [-0.2, 0) is 0 Å². The zero-order chi connectivity index (χ0) is 10.5. The maximum absolute atomic E-state index is 3.52. The van der Waals surface area contributed by atoms with Crippen LogP contribution in [-0.4, -0.2) is 37.6 Å². The molecular formula is C13H26N2. The lowest BCUT2D eigenvalue weighted by Gasteiger charge is -2.35. The molecule has 2 nitrogen and oxygen atoms in total. The van der Waals surface area contributed by atoms with Gasteiger partial charge in [-0.2, -0.15) is 0 Å². The molecule has 0 aliphatic carbocycles. The summed E-state index contributed by atoms with van der Waals surface area (Å²) >= 11 is 0. The van der Waals surface area contributed by atoms with Crippen LogP contribution in [0.4, 0.5) is 0 Å². The maximum Gasteiger partial charge on any atom is 0.00219 e. The molecule has 2 aliphatic heterocycles. The smallest absolute Gasteiger partial charge is 0.00219 e. The summed E-state index contributed by atoms with van der Waals surface area (Å²) in [6.07, 6.45) is 7.10. The Labute approximate surface area is 94.4 Å². The molecule has 88 valence electrons. The van der Waals surface area contributed by atoms with Gasteiger partial charge in [-0.3, -0.25) is 0 Å². The summed E-state index contributed by atoms with van der Waals surface area (Å²) < 4.78 is 0. The van der Waals surface area contributed by atoms with E-state index in [1.165, 1.54) is 64.8 Å². The third-order valence-corrected chi connectivity index (χ3v) is 4.10. The molecule has 0 aromatic heterocycles. The van der Waals surface area contributed by atoms with E-state index in [2.05, 4.69) is 17.1 Å². The van der Waals surface area contributed by atoms with Gasteiger partial charge in [-0.05, 0) is 57.2 Å². The minimum absolute atomic E-state index is 0.925. The van der Waals surface area contributed by atoms with Crippen LogP contribution in [0.1, 0.15) is 39.0 Å². The van der Waals surface area contributed by atoms with Crippen molar-refractivity contribution >= 4 is 0 Å². The number of hydrogen-bond donors (Lipinski definition) is 1. The first-order chi connectivity index (χ1) is 7.38. The Morgan fingerprint density at radius 1 is 1.20 bits per heavy atom. The Morgan fingerprint density at radius 2 is 2.07 bits per heavy atom. The fraction of sp³-hybridized carbons (Fsp3) is 1.00. The summed E-state index contributed by atoms with van der Waals surface area (Å²) in [5.74, 6) is 1.91. The van der Waals surface area contributed by atoms with Crippen LogP contribution in [0.2, 0.25) is 0 Å². The van der Waals surface area contributed by atoms with E-state index >= 15 is 0 Å². The molecule has 0 aromatic rings. The molecule has 0 spiro atoms. The lowest BCUT2D eigenvalue weighted by atomic mass is 9.93. The molecule has 0 bridgehead atoms. The average Bonchev–Trinajstić information content (AvgIpc) is 2.31. The number of piperidine rings is 2. The summed E-state index contributed by atoms with van der Waals surface area (Å²) in [5.41, 5.74) is 0. The monoisotopic (exact) mass is 210 g/mol. The van der Waals surface area contributed by atoms with Crippen molar-refractivity contribution in [1.82, 2.24) is 10.2 Å². The number of nitrogens with one attached hydrogen (secondary N) is 1. The van der Waals surface area contributed by atoms with E-state index in [0.29, 0.717) is 0 Å². The molecule has 0 radical (unpaired) electrons. The third-order valence-electron chi connectivity index (χ3n) is 4.10. The largest absolute Gasteiger partial charge is 0.316 e. The number of nitrogens with zero attached hydrogens (tertiary/aromatic N) is 1. The predicted molar refractivity (Wildman–Crippen MR) is 65.0 cm³/mol. The molecule has 1 N–H and O–H groups in total. The second-order valence-corrected chi connectivity index (χ2v) is 5.39. The molecule has 2 rings (SSSR count). The molecule has 2 heterocycles. The van der Waals surface area contributed by atoms with Gasteiger partial charge in [-0.15, -0.1) is 0 Å². The van der Waals surface area contributed by atoms with E-state index in [-0.39, 0.29) is 0 Å². The van der Waals surface area contributed by atoms with Crippen LogP contribution < -0.4 is 5.32 Å². The first-order valence-electron chi connectivity index (χ1n) is 6.81. The molecule has 0 saturated carbocycles. The van der Waals surface area contributed by atoms with E-state index in [1.807, 2.05) is 0 Å². The highest BCUT2D eigenvalue weighted by Gasteiger charge is 2.22. The second kappa shape index (κ2) is 5.86. The van der Waals surface area contributed by atoms with Gasteiger partial charge in [0.1, 0.15) is 0 Å². The van der Waals surface area contributed by atoms with Gasteiger partial charge in [0.15, 0.2) is 0 Å². The zero-order valence-corrected chi connectivity index (χ0v) is 10.2. The Bertz CT molecular complexity index is 175. The van der Waals surface area contributed by atoms with E-state index in [1.54, 1.807) is 0 Å². The Kier molecular flexibility index (Phi) is 4.45. The third kappa shape index (κ3) is 3.46. The molecule has 2 atom stereocenters. The number of likely N-dealkylation sites (tertiary alicyclic amines) is 1. The molecule has 2 fully saturated rings. The fourth-order valence-electron chi connectivity index (χ4n) is 3.10. The van der Waals surface area contributed by atoms with Crippen molar-refractivity contribution in [1.29, 1.82) is 0 Å². The van der Waals surface area contributed by atoms with Crippen LogP contribution >= 0.6 is 0 Å². The van der Waals surface area contributed by atoms with Crippen molar-refractivity contribution < 1.29 is 0 Å². The van der Waals surface area contributed by atoms with Gasteiger partial charge < -0.3 is 10.2 Å². The van der Waals surface area contributed by atoms with Gasteiger partial charge in [-0.25, -0.2) is 0 Å². The van der Waals surface area contributed by atoms with Gasteiger partial charge in [0.25, 0.3) is 0 Å². The van der Waals surface area contributed by atoms with Crippen molar-refractivity contribution in [3.8, 4) is 0 Å². The van der Waals surface area contributed by atoms with Crippen LogP contribution in [0.15, 0.2) is 0 Å². The van der Waals surface area contributed by atoms with Crippen molar-refractivity contribution in [3.05, 3.63) is 0 Å². The van der Waals surface area contributed by atoms with Crippen molar-refractivity contribution in [2.24, 2.45) is 11.8 Å². The van der Waals surface area contributed by atoms with Crippen LogP contribution in [0.3, 0.4) is 0 Å². The number of hydrogen-bond acceptors (Lipinski definition) is 2. The van der Waals surface area contributed by atoms with Crippen molar-refractivity contribution in [2.75, 3.05) is 32.7 Å². The van der Waals surface area contributed by atoms with Crippen molar-refractivity contribution in [3.63, 3.8) is 0 Å². The summed E-state index contributed by atoms with van der Waals surface area (Å²) in [6.45, 7) is 8.92. The molecule has 0 aromatic carbocycles. The number of rotatable bonds is 3.